The number of phenols is 1. The first kappa shape index (κ1) is 9.85. The molecule has 0 aliphatic carbocycles. The second-order valence-electron chi connectivity index (χ2n) is 3.38. The average Bonchev–Trinajstić information content (AvgIpc) is 2.13. The lowest BCUT2D eigenvalue weighted by molar-refractivity contribution is 0.466. The smallest absolute Gasteiger partial charge is 0.121 e. The number of benzene rings is 1. The van der Waals surface area contributed by atoms with E-state index in [9.17, 15) is 5.11 Å². The van der Waals surface area contributed by atoms with Crippen molar-refractivity contribution in [3.05, 3.63) is 34.9 Å². The first-order chi connectivity index (χ1) is 6.07. The zero-order valence-corrected chi connectivity index (χ0v) is 8.68. The minimum absolute atomic E-state index is 0.415. The lowest BCUT2D eigenvalue weighted by Gasteiger charge is -2.09. The van der Waals surface area contributed by atoms with E-state index in [2.05, 4.69) is 19.1 Å². The molecule has 0 saturated heterocycles. The molecule has 1 heteroatoms. The fourth-order valence-electron chi connectivity index (χ4n) is 1.42. The fraction of sp³-hybridized carbons (Fsp3) is 0.333. The highest BCUT2D eigenvalue weighted by molar-refractivity contribution is 5.69. The highest BCUT2D eigenvalue weighted by Gasteiger charge is 2.06. The maximum atomic E-state index is 9.70. The number of rotatable bonds is 1. The topological polar surface area (TPSA) is 20.2 Å². The third-order valence-electron chi connectivity index (χ3n) is 2.49. The minimum Gasteiger partial charge on any atom is -0.507 e. The molecule has 1 nitrogen and oxygen atoms in total. The second kappa shape index (κ2) is 3.65. The van der Waals surface area contributed by atoms with Crippen LogP contribution in [0.5, 0.6) is 5.75 Å². The van der Waals surface area contributed by atoms with Crippen LogP contribution >= 0.6 is 0 Å². The second-order valence-corrected chi connectivity index (χ2v) is 3.38. The van der Waals surface area contributed by atoms with E-state index in [1.54, 1.807) is 0 Å². The van der Waals surface area contributed by atoms with Crippen molar-refractivity contribution in [2.24, 2.45) is 0 Å². The monoisotopic (exact) mass is 176 g/mol. The molecule has 0 atom stereocenters. The molecule has 1 N–H and O–H groups in total. The maximum absolute atomic E-state index is 9.70. The molecule has 70 valence electrons. The van der Waals surface area contributed by atoms with Crippen molar-refractivity contribution < 1.29 is 5.11 Å². The molecule has 1 aromatic rings. The summed E-state index contributed by atoms with van der Waals surface area (Å²) in [6.07, 6.45) is 2.05. The highest BCUT2D eigenvalue weighted by Crippen LogP contribution is 2.28. The molecule has 0 spiro atoms. The number of allylic oxidation sites excluding steroid dienone is 2. The number of phenolic OH excluding ortho intramolecular Hbond substituents is 1. The van der Waals surface area contributed by atoms with Crippen LogP contribution in [-0.2, 0) is 0 Å². The Morgan fingerprint density at radius 1 is 1.31 bits per heavy atom. The summed E-state index contributed by atoms with van der Waals surface area (Å²) in [5.74, 6) is 0.415. The minimum atomic E-state index is 0.415. The van der Waals surface area contributed by atoms with Gasteiger partial charge in [0.15, 0.2) is 0 Å². The quantitative estimate of drug-likeness (QED) is 0.695. The van der Waals surface area contributed by atoms with Crippen molar-refractivity contribution in [3.63, 3.8) is 0 Å². The molecule has 13 heavy (non-hydrogen) atoms. The van der Waals surface area contributed by atoms with Gasteiger partial charge in [-0.05, 0) is 50.0 Å². The summed E-state index contributed by atoms with van der Waals surface area (Å²) < 4.78 is 0. The number of aryl methyl sites for hydroxylation is 1. The predicted octanol–water partition coefficient (Wildman–Crippen LogP) is 3.43. The maximum Gasteiger partial charge on any atom is 0.121 e. The Labute approximate surface area is 79.7 Å². The summed E-state index contributed by atoms with van der Waals surface area (Å²) >= 11 is 0. The summed E-state index contributed by atoms with van der Waals surface area (Å²) in [5.41, 5.74) is 4.24. The molecule has 1 aromatic carbocycles. The van der Waals surface area contributed by atoms with Crippen LogP contribution in [-0.4, -0.2) is 5.11 Å². The molecular formula is C12H16O. The van der Waals surface area contributed by atoms with E-state index in [0.717, 1.165) is 16.7 Å². The molecule has 0 bridgehead atoms. The van der Waals surface area contributed by atoms with Gasteiger partial charge in [-0.15, -0.1) is 0 Å². The first-order valence-electron chi connectivity index (χ1n) is 4.50. The Bertz CT molecular complexity index is 348. The molecule has 0 radical (unpaired) electrons. The zero-order chi connectivity index (χ0) is 10.0. The van der Waals surface area contributed by atoms with Gasteiger partial charge in [0.1, 0.15) is 5.75 Å². The largest absolute Gasteiger partial charge is 0.507 e. The van der Waals surface area contributed by atoms with Crippen LogP contribution in [0.2, 0.25) is 0 Å². The normalized spacial score (nSPS) is 11.8. The van der Waals surface area contributed by atoms with Gasteiger partial charge in [-0.25, -0.2) is 0 Å². The highest BCUT2D eigenvalue weighted by atomic mass is 16.3. The van der Waals surface area contributed by atoms with Crippen molar-refractivity contribution in [1.29, 1.82) is 0 Å². The molecule has 1 rings (SSSR count). The molecule has 0 aliphatic heterocycles. The molecule has 0 heterocycles. The molecular weight excluding hydrogens is 160 g/mol. The molecule has 0 amide bonds. The van der Waals surface area contributed by atoms with Crippen LogP contribution in [0.15, 0.2) is 18.2 Å². The molecule has 0 aliphatic rings. The number of hydrogen-bond donors (Lipinski definition) is 1. The fourth-order valence-corrected chi connectivity index (χ4v) is 1.42. The van der Waals surface area contributed by atoms with Gasteiger partial charge in [-0.2, -0.15) is 0 Å². The van der Waals surface area contributed by atoms with Crippen molar-refractivity contribution in [2.45, 2.75) is 27.7 Å². The number of hydrogen-bond acceptors (Lipinski definition) is 1. The summed E-state index contributed by atoms with van der Waals surface area (Å²) in [7, 11) is 0. The van der Waals surface area contributed by atoms with Crippen LogP contribution in [0.4, 0.5) is 0 Å². The van der Waals surface area contributed by atoms with E-state index >= 15 is 0 Å². The summed E-state index contributed by atoms with van der Waals surface area (Å²) in [5, 5.41) is 9.70. The van der Waals surface area contributed by atoms with Gasteiger partial charge >= 0.3 is 0 Å². The Hall–Kier alpha value is -1.24. The van der Waals surface area contributed by atoms with E-state index in [1.807, 2.05) is 26.8 Å². The Kier molecular flexibility index (Phi) is 2.76. The van der Waals surface area contributed by atoms with E-state index in [-0.39, 0.29) is 0 Å². The van der Waals surface area contributed by atoms with Gasteiger partial charge in [0.25, 0.3) is 0 Å². The Morgan fingerprint density at radius 2 is 1.92 bits per heavy atom. The summed E-state index contributed by atoms with van der Waals surface area (Å²) in [4.78, 5) is 0. The zero-order valence-electron chi connectivity index (χ0n) is 8.68. The Morgan fingerprint density at radius 3 is 2.46 bits per heavy atom. The first-order valence-corrected chi connectivity index (χ1v) is 4.50. The molecule has 0 fully saturated rings. The van der Waals surface area contributed by atoms with Gasteiger partial charge in [0, 0.05) is 0 Å². The summed E-state index contributed by atoms with van der Waals surface area (Å²) in [6, 6.07) is 4.00. The van der Waals surface area contributed by atoms with Gasteiger partial charge in [-0.3, -0.25) is 0 Å². The third kappa shape index (κ3) is 1.74. The number of aromatic hydroxyl groups is 1. The van der Waals surface area contributed by atoms with Crippen LogP contribution in [0.1, 0.15) is 30.5 Å². The predicted molar refractivity (Wildman–Crippen MR) is 56.9 cm³/mol. The van der Waals surface area contributed by atoms with Gasteiger partial charge in [-0.1, -0.05) is 18.2 Å². The van der Waals surface area contributed by atoms with Gasteiger partial charge in [0.2, 0.25) is 0 Å². The molecule has 0 unspecified atom stereocenters. The molecule has 0 aromatic heterocycles. The van der Waals surface area contributed by atoms with E-state index in [1.165, 1.54) is 5.57 Å². The van der Waals surface area contributed by atoms with E-state index < -0.39 is 0 Å². The lowest BCUT2D eigenvalue weighted by atomic mass is 9.98. The van der Waals surface area contributed by atoms with Gasteiger partial charge in [0.05, 0.1) is 0 Å². The van der Waals surface area contributed by atoms with Crippen molar-refractivity contribution in [1.82, 2.24) is 0 Å². The lowest BCUT2D eigenvalue weighted by Crippen LogP contribution is -1.88. The van der Waals surface area contributed by atoms with Crippen LogP contribution < -0.4 is 0 Å². The Balaban J connectivity index is 3.34. The summed E-state index contributed by atoms with van der Waals surface area (Å²) in [6.45, 7) is 7.92. The van der Waals surface area contributed by atoms with E-state index in [4.69, 9.17) is 0 Å². The SMILES string of the molecule is C/C=C(/C)c1ccc(C)c(O)c1C. The third-order valence-corrected chi connectivity index (χ3v) is 2.49. The van der Waals surface area contributed by atoms with Crippen molar-refractivity contribution in [3.8, 4) is 5.75 Å². The van der Waals surface area contributed by atoms with Crippen molar-refractivity contribution >= 4 is 5.57 Å². The molecule has 0 saturated carbocycles. The average molecular weight is 176 g/mol. The van der Waals surface area contributed by atoms with E-state index in [0.29, 0.717) is 5.75 Å². The van der Waals surface area contributed by atoms with Gasteiger partial charge < -0.3 is 5.11 Å². The van der Waals surface area contributed by atoms with Crippen LogP contribution in [0.25, 0.3) is 5.57 Å². The van der Waals surface area contributed by atoms with Crippen LogP contribution in [0.3, 0.4) is 0 Å². The van der Waals surface area contributed by atoms with Crippen LogP contribution in [0, 0.1) is 13.8 Å². The van der Waals surface area contributed by atoms with Crippen molar-refractivity contribution in [2.75, 3.05) is 0 Å². The standard InChI is InChI=1S/C12H16O/c1-5-8(2)11-7-6-9(3)12(13)10(11)4/h5-7,13H,1-4H3/b8-5-.